The molecule has 0 fully saturated rings. The van der Waals surface area contributed by atoms with Gasteiger partial charge in [-0.25, -0.2) is 0 Å². The highest BCUT2D eigenvalue weighted by atomic mass is 16.3. The minimum atomic E-state index is -0.135. The molecule has 0 radical (unpaired) electrons. The van der Waals surface area contributed by atoms with E-state index in [0.717, 1.165) is 22.3 Å². The third-order valence-electron chi connectivity index (χ3n) is 8.99. The van der Waals surface area contributed by atoms with Crippen molar-refractivity contribution in [3.8, 4) is 11.5 Å². The van der Waals surface area contributed by atoms with Crippen LogP contribution in [-0.4, -0.2) is 10.2 Å². The highest BCUT2D eigenvalue weighted by Gasteiger charge is 2.19. The van der Waals surface area contributed by atoms with Crippen molar-refractivity contribution in [2.75, 3.05) is 0 Å². The molecule has 0 spiro atoms. The molecule has 0 aliphatic carbocycles. The van der Waals surface area contributed by atoms with E-state index in [4.69, 9.17) is 0 Å². The van der Waals surface area contributed by atoms with E-state index in [2.05, 4.69) is 0 Å². The Balaban J connectivity index is 1.53. The van der Waals surface area contributed by atoms with Crippen LogP contribution in [0.1, 0.15) is 44.5 Å². The van der Waals surface area contributed by atoms with Gasteiger partial charge in [0.2, 0.25) is 0 Å². The Morgan fingerprint density at radius 1 is 0.333 bits per heavy atom. The minimum absolute atomic E-state index is 0.0797. The lowest BCUT2D eigenvalue weighted by atomic mass is 10.0. The van der Waals surface area contributed by atoms with Gasteiger partial charge in [0.15, 0.2) is 10.9 Å². The molecule has 0 aliphatic rings. The van der Waals surface area contributed by atoms with Gasteiger partial charge in [-0.2, -0.15) is 0 Å². The maximum absolute atomic E-state index is 14.2. The zero-order valence-electron chi connectivity index (χ0n) is 26.4. The van der Waals surface area contributed by atoms with Crippen molar-refractivity contribution >= 4 is 21.5 Å². The summed E-state index contributed by atoms with van der Waals surface area (Å²) in [6.45, 7) is 0. The predicted octanol–water partition coefficient (Wildman–Crippen LogP) is 8.49. The van der Waals surface area contributed by atoms with Gasteiger partial charge < -0.3 is 10.2 Å². The van der Waals surface area contributed by atoms with Crippen molar-refractivity contribution in [1.82, 2.24) is 0 Å². The van der Waals surface area contributed by atoms with Gasteiger partial charge in [-0.15, -0.1) is 0 Å². The summed E-state index contributed by atoms with van der Waals surface area (Å²) in [6, 6.07) is 45.8. The number of benzene rings is 5. The standard InChI is InChI=1S/C44H34O4/c45-41-33(21-29-13-5-1-6-14-29)25-37-38(26-34(41)22-30-15-7-2-8-16-30)44(48)40-28-36(24-32-19-11-4-12-20-32)42(46)35(27-39(40)43(37)47)23-31-17-9-3-10-18-31/h1-20,25-28,47-48H,21-24H2. The van der Waals surface area contributed by atoms with Crippen LogP contribution in [0.25, 0.3) is 21.5 Å². The molecule has 7 rings (SSSR count). The fraction of sp³-hybridized carbons (Fsp3) is 0.0909. The van der Waals surface area contributed by atoms with Crippen LogP contribution in [0.3, 0.4) is 0 Å². The molecule has 0 saturated carbocycles. The maximum atomic E-state index is 14.2. The van der Waals surface area contributed by atoms with Crippen molar-refractivity contribution in [3.63, 3.8) is 0 Å². The molecule has 2 N–H and O–H groups in total. The molecule has 0 saturated heterocycles. The van der Waals surface area contributed by atoms with E-state index in [1.165, 1.54) is 0 Å². The van der Waals surface area contributed by atoms with Crippen LogP contribution in [-0.2, 0) is 25.7 Å². The molecule has 48 heavy (non-hydrogen) atoms. The van der Waals surface area contributed by atoms with Crippen LogP contribution in [0.5, 0.6) is 11.5 Å². The van der Waals surface area contributed by atoms with E-state index in [0.29, 0.717) is 69.5 Å². The highest BCUT2D eigenvalue weighted by molar-refractivity contribution is 6.10. The molecule has 0 atom stereocenters. The van der Waals surface area contributed by atoms with Crippen LogP contribution in [0, 0.1) is 0 Å². The van der Waals surface area contributed by atoms with Crippen LogP contribution in [0.15, 0.2) is 155 Å². The smallest absolute Gasteiger partial charge is 0.185 e. The second-order valence-corrected chi connectivity index (χ2v) is 12.3. The van der Waals surface area contributed by atoms with Gasteiger partial charge in [0.1, 0.15) is 11.5 Å². The molecule has 7 aromatic rings. The van der Waals surface area contributed by atoms with Gasteiger partial charge in [-0.1, -0.05) is 121 Å². The van der Waals surface area contributed by atoms with Crippen LogP contribution < -0.4 is 10.9 Å². The van der Waals surface area contributed by atoms with E-state index < -0.39 is 0 Å². The molecule has 234 valence electrons. The Labute approximate surface area is 278 Å². The molecule has 0 aromatic heterocycles. The van der Waals surface area contributed by atoms with Gasteiger partial charge in [0.05, 0.1) is 0 Å². The molecule has 0 amide bonds. The second-order valence-electron chi connectivity index (χ2n) is 12.3. The van der Waals surface area contributed by atoms with Crippen LogP contribution in [0.2, 0.25) is 0 Å². The van der Waals surface area contributed by atoms with E-state index >= 15 is 0 Å². The van der Waals surface area contributed by atoms with Crippen molar-refractivity contribution in [3.05, 3.63) is 211 Å². The first kappa shape index (κ1) is 30.6. The van der Waals surface area contributed by atoms with Crippen molar-refractivity contribution in [2.45, 2.75) is 25.7 Å². The first-order chi connectivity index (χ1) is 23.4. The third kappa shape index (κ3) is 6.33. The van der Waals surface area contributed by atoms with Crippen molar-refractivity contribution in [2.24, 2.45) is 0 Å². The maximum Gasteiger partial charge on any atom is 0.185 e. The fourth-order valence-electron chi connectivity index (χ4n) is 6.54. The van der Waals surface area contributed by atoms with E-state index in [-0.39, 0.29) is 22.4 Å². The van der Waals surface area contributed by atoms with Crippen molar-refractivity contribution in [1.29, 1.82) is 0 Å². The quantitative estimate of drug-likeness (QED) is 0.166. The van der Waals surface area contributed by atoms with Gasteiger partial charge in [-0.3, -0.25) is 9.59 Å². The molecule has 0 aliphatic heterocycles. The van der Waals surface area contributed by atoms with Crippen LogP contribution in [0.4, 0.5) is 0 Å². The lowest BCUT2D eigenvalue weighted by Crippen LogP contribution is -2.12. The highest BCUT2D eigenvalue weighted by Crippen LogP contribution is 2.42. The molecule has 7 aromatic carbocycles. The molecule has 4 heteroatoms. The second kappa shape index (κ2) is 13.4. The Hall–Kier alpha value is -6.00. The van der Waals surface area contributed by atoms with Gasteiger partial charge in [-0.05, 0) is 46.5 Å². The number of fused-ring (bicyclic) bond motifs is 2. The Kier molecular flexibility index (Phi) is 8.55. The summed E-state index contributed by atoms with van der Waals surface area (Å²) in [5.74, 6) is -0.159. The third-order valence-corrected chi connectivity index (χ3v) is 8.99. The zero-order valence-corrected chi connectivity index (χ0v) is 26.4. The summed E-state index contributed by atoms with van der Waals surface area (Å²) in [5, 5.41) is 25.6. The number of hydrogen-bond donors (Lipinski definition) is 2. The average molecular weight is 627 g/mol. The summed E-state index contributed by atoms with van der Waals surface area (Å²) < 4.78 is 0. The van der Waals surface area contributed by atoms with E-state index in [9.17, 15) is 19.8 Å². The molecular weight excluding hydrogens is 592 g/mol. The number of phenols is 2. The van der Waals surface area contributed by atoms with Gasteiger partial charge in [0, 0.05) is 69.5 Å². The monoisotopic (exact) mass is 626 g/mol. The normalized spacial score (nSPS) is 11.2. The molecule has 4 nitrogen and oxygen atoms in total. The summed E-state index contributed by atoms with van der Waals surface area (Å²) in [5.41, 5.74) is 5.61. The Bertz CT molecular complexity index is 2040. The first-order valence-corrected chi connectivity index (χ1v) is 16.1. The number of hydrogen-bond acceptors (Lipinski definition) is 4. The number of aromatic hydroxyl groups is 2. The molecule has 0 heterocycles. The molecular formula is C44H34O4. The Morgan fingerprint density at radius 2 is 0.542 bits per heavy atom. The number of phenolic OH excluding ortho intramolecular Hbond substituents is 2. The summed E-state index contributed by atoms with van der Waals surface area (Å²) in [6.07, 6.45) is 1.43. The summed E-state index contributed by atoms with van der Waals surface area (Å²) in [7, 11) is 0. The predicted molar refractivity (Wildman–Crippen MR) is 194 cm³/mol. The molecule has 0 bridgehead atoms. The van der Waals surface area contributed by atoms with Crippen molar-refractivity contribution < 1.29 is 10.2 Å². The van der Waals surface area contributed by atoms with E-state index in [1.54, 1.807) is 24.3 Å². The first-order valence-electron chi connectivity index (χ1n) is 16.1. The topological polar surface area (TPSA) is 74.6 Å². The summed E-state index contributed by atoms with van der Waals surface area (Å²) in [4.78, 5) is 28.4. The fourth-order valence-corrected chi connectivity index (χ4v) is 6.54. The largest absolute Gasteiger partial charge is 0.507 e. The molecule has 0 unspecified atom stereocenters. The van der Waals surface area contributed by atoms with Gasteiger partial charge >= 0.3 is 0 Å². The Morgan fingerprint density at radius 3 is 0.750 bits per heavy atom. The number of rotatable bonds is 8. The summed E-state index contributed by atoms with van der Waals surface area (Å²) >= 11 is 0. The lowest BCUT2D eigenvalue weighted by molar-refractivity contribution is 0.478. The van der Waals surface area contributed by atoms with Gasteiger partial charge in [0.25, 0.3) is 0 Å². The minimum Gasteiger partial charge on any atom is -0.507 e. The van der Waals surface area contributed by atoms with Crippen LogP contribution >= 0.6 is 0 Å². The average Bonchev–Trinajstić information content (AvgIpc) is 3.34. The lowest BCUT2D eigenvalue weighted by Gasteiger charge is -2.08. The van der Waals surface area contributed by atoms with E-state index in [1.807, 2.05) is 121 Å². The zero-order chi connectivity index (χ0) is 33.0. The SMILES string of the molecule is O=c1c(Cc2ccccc2)cc2c(O)c3cc(Cc4ccccc4)c(=O)c(Cc4ccccc4)cc3c(O)c2cc1Cc1ccccc1.